The van der Waals surface area contributed by atoms with Gasteiger partial charge >= 0.3 is 0 Å². The van der Waals surface area contributed by atoms with E-state index in [2.05, 4.69) is 12.1 Å². The highest BCUT2D eigenvalue weighted by atomic mass is 14.4. The molecule has 0 N–H and O–H groups in total. The zero-order chi connectivity index (χ0) is 13.5. The number of rotatable bonds is 4. The first-order valence-electron chi connectivity index (χ1n) is 6.23. The maximum absolute atomic E-state index is 9.36. The molecule has 0 spiro atoms. The van der Waals surface area contributed by atoms with Crippen LogP contribution in [-0.2, 0) is 6.42 Å². The van der Waals surface area contributed by atoms with E-state index in [0.717, 1.165) is 11.1 Å². The summed E-state index contributed by atoms with van der Waals surface area (Å²) in [5, 5.41) is 18.7. The van der Waals surface area contributed by atoms with Crippen molar-refractivity contribution in [3.05, 3.63) is 71.8 Å². The van der Waals surface area contributed by atoms with E-state index in [1.54, 1.807) is 0 Å². The third-order valence-electron chi connectivity index (χ3n) is 3.16. The Morgan fingerprint density at radius 3 is 1.89 bits per heavy atom. The fraction of sp³-hybridized carbons (Fsp3) is 0.176. The van der Waals surface area contributed by atoms with Gasteiger partial charge < -0.3 is 0 Å². The second kappa shape index (κ2) is 6.38. The molecule has 2 atom stereocenters. The SMILES string of the molecule is N#C[C@H](Cc1ccccc1)[C@H](C#N)c1ccccc1. The molecule has 2 aromatic rings. The molecule has 2 rings (SSSR count). The minimum absolute atomic E-state index is 0.324. The highest BCUT2D eigenvalue weighted by Gasteiger charge is 2.22. The van der Waals surface area contributed by atoms with Crippen LogP contribution in [0.25, 0.3) is 0 Å². The van der Waals surface area contributed by atoms with Gasteiger partial charge in [-0.05, 0) is 17.5 Å². The molecule has 2 aromatic carbocycles. The van der Waals surface area contributed by atoms with Gasteiger partial charge in [0, 0.05) is 0 Å². The van der Waals surface area contributed by atoms with Crippen LogP contribution in [0.5, 0.6) is 0 Å². The van der Waals surface area contributed by atoms with Gasteiger partial charge in [-0.15, -0.1) is 0 Å². The fourth-order valence-electron chi connectivity index (χ4n) is 2.16. The quantitative estimate of drug-likeness (QED) is 0.826. The Kier molecular flexibility index (Phi) is 4.32. The Balaban J connectivity index is 2.22. The maximum Gasteiger partial charge on any atom is 0.0874 e. The largest absolute Gasteiger partial charge is 0.198 e. The van der Waals surface area contributed by atoms with E-state index in [9.17, 15) is 10.5 Å². The van der Waals surface area contributed by atoms with Crippen LogP contribution in [0, 0.1) is 28.6 Å². The second-order valence-corrected chi connectivity index (χ2v) is 4.44. The molecule has 0 fully saturated rings. The lowest BCUT2D eigenvalue weighted by Crippen LogP contribution is -2.12. The average molecular weight is 246 g/mol. The predicted octanol–water partition coefficient (Wildman–Crippen LogP) is 3.68. The summed E-state index contributed by atoms with van der Waals surface area (Å²) in [7, 11) is 0. The lowest BCUT2D eigenvalue weighted by molar-refractivity contribution is 0.601. The molecule has 0 aliphatic rings. The van der Waals surface area contributed by atoms with Crippen molar-refractivity contribution in [3.63, 3.8) is 0 Å². The lowest BCUT2D eigenvalue weighted by Gasteiger charge is -2.15. The Labute approximate surface area is 113 Å². The first-order valence-corrected chi connectivity index (χ1v) is 6.23. The van der Waals surface area contributed by atoms with Crippen LogP contribution < -0.4 is 0 Å². The number of hydrogen-bond acceptors (Lipinski definition) is 2. The molecule has 19 heavy (non-hydrogen) atoms. The third kappa shape index (κ3) is 3.21. The minimum atomic E-state index is -0.383. The van der Waals surface area contributed by atoms with E-state index in [-0.39, 0.29) is 11.8 Å². The smallest absolute Gasteiger partial charge is 0.0874 e. The molecule has 0 amide bonds. The molecule has 0 saturated heterocycles. The predicted molar refractivity (Wildman–Crippen MR) is 74.0 cm³/mol. The first-order chi connectivity index (χ1) is 9.35. The summed E-state index contributed by atoms with van der Waals surface area (Å²) in [5.74, 6) is -0.707. The van der Waals surface area contributed by atoms with Gasteiger partial charge in [-0.2, -0.15) is 10.5 Å². The highest BCUT2D eigenvalue weighted by Crippen LogP contribution is 2.26. The molecular formula is C17H14N2. The van der Waals surface area contributed by atoms with Crippen LogP contribution in [0.15, 0.2) is 60.7 Å². The molecule has 0 radical (unpaired) electrons. The molecule has 0 aromatic heterocycles. The van der Waals surface area contributed by atoms with E-state index >= 15 is 0 Å². The standard InChI is InChI=1S/C17H14N2/c18-12-16(11-14-7-3-1-4-8-14)17(13-19)15-9-5-2-6-10-15/h1-10,16-17H,11H2/t16-,17+/m0/s1. The van der Waals surface area contributed by atoms with Crippen LogP contribution in [0.1, 0.15) is 17.0 Å². The molecule has 0 bridgehead atoms. The topological polar surface area (TPSA) is 47.6 Å². The molecule has 0 aliphatic carbocycles. The second-order valence-electron chi connectivity index (χ2n) is 4.44. The van der Waals surface area contributed by atoms with Gasteiger partial charge in [0.15, 0.2) is 0 Å². The van der Waals surface area contributed by atoms with Crippen LogP contribution in [0.3, 0.4) is 0 Å². The van der Waals surface area contributed by atoms with Crippen molar-refractivity contribution in [2.24, 2.45) is 5.92 Å². The summed E-state index contributed by atoms with van der Waals surface area (Å²) in [6.07, 6.45) is 0.602. The molecule has 0 aliphatic heterocycles. The van der Waals surface area contributed by atoms with Crippen LogP contribution in [0.2, 0.25) is 0 Å². The summed E-state index contributed by atoms with van der Waals surface area (Å²) >= 11 is 0. The van der Waals surface area contributed by atoms with Crippen molar-refractivity contribution in [2.45, 2.75) is 12.3 Å². The lowest BCUT2D eigenvalue weighted by atomic mass is 9.84. The molecule has 92 valence electrons. The van der Waals surface area contributed by atoms with Gasteiger partial charge in [0.05, 0.1) is 24.0 Å². The normalized spacial score (nSPS) is 12.9. The van der Waals surface area contributed by atoms with Crippen molar-refractivity contribution >= 4 is 0 Å². The summed E-state index contributed by atoms with van der Waals surface area (Å²) in [6, 6.07) is 23.9. The number of benzene rings is 2. The molecular weight excluding hydrogens is 232 g/mol. The highest BCUT2D eigenvalue weighted by molar-refractivity contribution is 5.29. The van der Waals surface area contributed by atoms with Gasteiger partial charge in [-0.25, -0.2) is 0 Å². The number of hydrogen-bond donors (Lipinski definition) is 0. The van der Waals surface area contributed by atoms with Crippen molar-refractivity contribution < 1.29 is 0 Å². The van der Waals surface area contributed by atoms with Crippen molar-refractivity contribution in [1.29, 1.82) is 10.5 Å². The Morgan fingerprint density at radius 1 is 0.789 bits per heavy atom. The van der Waals surface area contributed by atoms with Gasteiger partial charge in [0.1, 0.15) is 0 Å². The number of nitrogens with zero attached hydrogens (tertiary/aromatic N) is 2. The Hall–Kier alpha value is -2.58. The maximum atomic E-state index is 9.36. The zero-order valence-electron chi connectivity index (χ0n) is 10.5. The van der Waals surface area contributed by atoms with E-state index < -0.39 is 0 Å². The van der Waals surface area contributed by atoms with Crippen LogP contribution in [-0.4, -0.2) is 0 Å². The molecule has 2 nitrogen and oxygen atoms in total. The number of nitriles is 2. The average Bonchev–Trinajstić information content (AvgIpc) is 2.49. The van der Waals surface area contributed by atoms with Crippen LogP contribution >= 0.6 is 0 Å². The van der Waals surface area contributed by atoms with Crippen molar-refractivity contribution in [1.82, 2.24) is 0 Å². The van der Waals surface area contributed by atoms with Crippen molar-refractivity contribution in [2.75, 3.05) is 0 Å². The summed E-state index contributed by atoms with van der Waals surface area (Å²) in [5.41, 5.74) is 2.00. The van der Waals surface area contributed by atoms with E-state index in [1.165, 1.54) is 0 Å². The van der Waals surface area contributed by atoms with E-state index in [1.807, 2.05) is 60.7 Å². The molecule has 0 unspecified atom stereocenters. The fourth-order valence-corrected chi connectivity index (χ4v) is 2.16. The minimum Gasteiger partial charge on any atom is -0.198 e. The summed E-state index contributed by atoms with van der Waals surface area (Å²) < 4.78 is 0. The van der Waals surface area contributed by atoms with Gasteiger partial charge in [-0.1, -0.05) is 60.7 Å². The first kappa shape index (κ1) is 12.9. The van der Waals surface area contributed by atoms with E-state index in [4.69, 9.17) is 0 Å². The van der Waals surface area contributed by atoms with Gasteiger partial charge in [-0.3, -0.25) is 0 Å². The van der Waals surface area contributed by atoms with Crippen molar-refractivity contribution in [3.8, 4) is 12.1 Å². The summed E-state index contributed by atoms with van der Waals surface area (Å²) in [4.78, 5) is 0. The molecule has 0 heterocycles. The monoisotopic (exact) mass is 246 g/mol. The molecule has 2 heteroatoms. The molecule has 0 saturated carbocycles. The summed E-state index contributed by atoms with van der Waals surface area (Å²) in [6.45, 7) is 0. The zero-order valence-corrected chi connectivity index (χ0v) is 10.5. The van der Waals surface area contributed by atoms with E-state index in [0.29, 0.717) is 6.42 Å². The van der Waals surface area contributed by atoms with Gasteiger partial charge in [0.25, 0.3) is 0 Å². The van der Waals surface area contributed by atoms with Gasteiger partial charge in [0.2, 0.25) is 0 Å². The third-order valence-corrected chi connectivity index (χ3v) is 3.16. The Morgan fingerprint density at radius 2 is 1.37 bits per heavy atom. The Bertz CT molecular complexity index is 591. The van der Waals surface area contributed by atoms with Crippen LogP contribution in [0.4, 0.5) is 0 Å².